The lowest BCUT2D eigenvalue weighted by molar-refractivity contribution is -0.151. The molecule has 0 saturated carbocycles. The third-order valence-corrected chi connectivity index (χ3v) is 6.02. The molecule has 2 amide bonds. The molecule has 0 aliphatic carbocycles. The fourth-order valence-corrected chi connectivity index (χ4v) is 4.04. The first-order chi connectivity index (χ1) is 15.5. The highest BCUT2D eigenvalue weighted by Gasteiger charge is 2.28. The predicted molar refractivity (Wildman–Crippen MR) is 125 cm³/mol. The Morgan fingerprint density at radius 3 is 2.41 bits per heavy atom. The predicted octanol–water partition coefficient (Wildman–Crippen LogP) is 2.77. The van der Waals surface area contributed by atoms with Gasteiger partial charge in [0.1, 0.15) is 0 Å². The third-order valence-electron chi connectivity index (χ3n) is 6.02. The Balaban J connectivity index is 1.84. The summed E-state index contributed by atoms with van der Waals surface area (Å²) >= 11 is 0. The number of amides is 2. The first kappa shape index (κ1) is 25.8. The highest BCUT2D eigenvalue weighted by Crippen LogP contribution is 2.19. The van der Waals surface area contributed by atoms with Gasteiger partial charge < -0.3 is 20.3 Å². The Morgan fingerprint density at radius 2 is 1.75 bits per heavy atom. The summed E-state index contributed by atoms with van der Waals surface area (Å²) in [4.78, 5) is 41.1. The summed E-state index contributed by atoms with van der Waals surface area (Å²) in [5, 5.41) is 0. The molecule has 2 N–H and O–H groups in total. The fourth-order valence-electron chi connectivity index (χ4n) is 4.04. The lowest BCUT2D eigenvalue weighted by Crippen LogP contribution is -2.42. The van der Waals surface area contributed by atoms with E-state index in [0.29, 0.717) is 65.0 Å². The van der Waals surface area contributed by atoms with Crippen LogP contribution in [0.5, 0.6) is 0 Å². The zero-order valence-electron chi connectivity index (χ0n) is 19.5. The summed E-state index contributed by atoms with van der Waals surface area (Å²) in [5.41, 5.74) is 6.73. The third kappa shape index (κ3) is 8.99. The van der Waals surface area contributed by atoms with Crippen molar-refractivity contribution in [3.63, 3.8) is 0 Å². The summed E-state index contributed by atoms with van der Waals surface area (Å²) in [6.07, 6.45) is 5.56. The summed E-state index contributed by atoms with van der Waals surface area (Å²) < 4.78 is 5.10. The van der Waals surface area contributed by atoms with E-state index in [4.69, 9.17) is 10.5 Å². The molecular formula is C25H39N3O4. The van der Waals surface area contributed by atoms with Crippen molar-refractivity contribution in [1.82, 2.24) is 9.80 Å². The molecule has 0 atom stereocenters. The van der Waals surface area contributed by atoms with Crippen LogP contribution in [0.25, 0.3) is 0 Å². The van der Waals surface area contributed by atoms with Gasteiger partial charge in [-0.05, 0) is 51.1 Å². The molecule has 1 saturated heterocycles. The molecule has 2 rings (SSSR count). The molecule has 32 heavy (non-hydrogen) atoms. The molecule has 0 unspecified atom stereocenters. The van der Waals surface area contributed by atoms with Crippen molar-refractivity contribution < 1.29 is 19.1 Å². The molecule has 7 nitrogen and oxygen atoms in total. The molecule has 1 heterocycles. The number of piperidine rings is 1. The van der Waals surface area contributed by atoms with Gasteiger partial charge in [0.25, 0.3) is 0 Å². The minimum absolute atomic E-state index is 0.0490. The highest BCUT2D eigenvalue weighted by molar-refractivity contribution is 5.79. The van der Waals surface area contributed by atoms with Gasteiger partial charge in [0.05, 0.1) is 12.5 Å². The van der Waals surface area contributed by atoms with E-state index in [1.165, 1.54) is 5.56 Å². The van der Waals surface area contributed by atoms with Crippen LogP contribution in [0.4, 0.5) is 0 Å². The van der Waals surface area contributed by atoms with Gasteiger partial charge in [-0.15, -0.1) is 0 Å². The molecule has 1 fully saturated rings. The number of hydrogen-bond donors (Lipinski definition) is 1. The molecule has 0 aromatic heterocycles. The van der Waals surface area contributed by atoms with Crippen LogP contribution in [-0.4, -0.2) is 66.9 Å². The number of nitrogens with two attached hydrogens (primary N) is 1. The van der Waals surface area contributed by atoms with Gasteiger partial charge in [-0.25, -0.2) is 0 Å². The van der Waals surface area contributed by atoms with Crippen LogP contribution in [0.2, 0.25) is 0 Å². The number of hydrogen-bond acceptors (Lipinski definition) is 5. The Labute approximate surface area is 192 Å². The quantitative estimate of drug-likeness (QED) is 0.372. The number of nitrogens with zero attached hydrogens (tertiary/aromatic N) is 2. The number of unbranched alkanes of at least 4 members (excludes halogenated alkanes) is 2. The monoisotopic (exact) mass is 445 g/mol. The van der Waals surface area contributed by atoms with Crippen molar-refractivity contribution in [2.24, 2.45) is 11.7 Å². The van der Waals surface area contributed by atoms with Gasteiger partial charge >= 0.3 is 5.97 Å². The molecule has 0 spiro atoms. The van der Waals surface area contributed by atoms with Gasteiger partial charge in [-0.3, -0.25) is 14.4 Å². The van der Waals surface area contributed by atoms with Gasteiger partial charge in [-0.2, -0.15) is 0 Å². The standard InChI is InChI=1S/C25H39N3O4/c1-2-32-25(31)22-13-18-28(19-14-22)24(30)15-20-27(23(29)11-7-4-8-16-26)17-12-21-9-5-3-6-10-21/h3,5-6,9-10,22H,2,4,7-8,11-20,26H2,1H3. The molecule has 1 aliphatic rings. The minimum Gasteiger partial charge on any atom is -0.466 e. The summed E-state index contributed by atoms with van der Waals surface area (Å²) in [6.45, 7) is 5.01. The Hall–Kier alpha value is -2.41. The second-order valence-electron chi connectivity index (χ2n) is 8.37. The first-order valence-electron chi connectivity index (χ1n) is 12.0. The molecule has 178 valence electrons. The van der Waals surface area contributed by atoms with Gasteiger partial charge in [0.2, 0.25) is 11.8 Å². The van der Waals surface area contributed by atoms with Crippen molar-refractivity contribution in [2.75, 3.05) is 39.3 Å². The van der Waals surface area contributed by atoms with E-state index in [9.17, 15) is 14.4 Å². The number of esters is 1. The van der Waals surface area contributed by atoms with Gasteiger partial charge in [0.15, 0.2) is 0 Å². The van der Waals surface area contributed by atoms with Crippen molar-refractivity contribution in [3.8, 4) is 0 Å². The lowest BCUT2D eigenvalue weighted by atomic mass is 9.97. The van der Waals surface area contributed by atoms with Crippen LogP contribution < -0.4 is 5.73 Å². The summed E-state index contributed by atoms with van der Waals surface area (Å²) in [7, 11) is 0. The maximum absolute atomic E-state index is 12.8. The normalized spacial score (nSPS) is 14.2. The second kappa shape index (κ2) is 14.6. The van der Waals surface area contributed by atoms with Crippen LogP contribution in [0.1, 0.15) is 57.4 Å². The maximum atomic E-state index is 12.8. The van der Waals surface area contributed by atoms with Crippen molar-refractivity contribution in [1.29, 1.82) is 0 Å². The molecule has 0 bridgehead atoms. The van der Waals surface area contributed by atoms with E-state index < -0.39 is 0 Å². The molecular weight excluding hydrogens is 406 g/mol. The van der Waals surface area contributed by atoms with Crippen LogP contribution in [-0.2, 0) is 25.5 Å². The van der Waals surface area contributed by atoms with E-state index >= 15 is 0 Å². The maximum Gasteiger partial charge on any atom is 0.309 e. The average molecular weight is 446 g/mol. The van der Waals surface area contributed by atoms with Crippen molar-refractivity contribution >= 4 is 17.8 Å². The van der Waals surface area contributed by atoms with Crippen LogP contribution >= 0.6 is 0 Å². The zero-order valence-corrected chi connectivity index (χ0v) is 19.5. The van der Waals surface area contributed by atoms with Crippen molar-refractivity contribution in [2.45, 2.75) is 58.3 Å². The van der Waals surface area contributed by atoms with Crippen LogP contribution in [0.3, 0.4) is 0 Å². The van der Waals surface area contributed by atoms with E-state index in [1.807, 2.05) is 28.0 Å². The molecule has 1 aromatic carbocycles. The number of benzene rings is 1. The van der Waals surface area contributed by atoms with E-state index in [1.54, 1.807) is 6.92 Å². The number of ether oxygens (including phenoxy) is 1. The molecule has 1 aliphatic heterocycles. The zero-order chi connectivity index (χ0) is 23.2. The number of likely N-dealkylation sites (tertiary alicyclic amines) is 1. The van der Waals surface area contributed by atoms with Gasteiger partial charge in [0, 0.05) is 39.0 Å². The smallest absolute Gasteiger partial charge is 0.309 e. The Morgan fingerprint density at radius 1 is 1.03 bits per heavy atom. The number of carbonyl (C=O) groups is 3. The Kier molecular flexibility index (Phi) is 11.8. The van der Waals surface area contributed by atoms with Crippen LogP contribution in [0.15, 0.2) is 30.3 Å². The van der Waals surface area contributed by atoms with E-state index in [2.05, 4.69) is 12.1 Å². The largest absolute Gasteiger partial charge is 0.466 e. The van der Waals surface area contributed by atoms with E-state index in [-0.39, 0.29) is 23.7 Å². The highest BCUT2D eigenvalue weighted by atomic mass is 16.5. The van der Waals surface area contributed by atoms with E-state index in [0.717, 1.165) is 25.7 Å². The lowest BCUT2D eigenvalue weighted by Gasteiger charge is -2.31. The summed E-state index contributed by atoms with van der Waals surface area (Å²) in [5.74, 6) is -0.122. The Bertz CT molecular complexity index is 702. The first-order valence-corrected chi connectivity index (χ1v) is 12.0. The topological polar surface area (TPSA) is 92.9 Å². The average Bonchev–Trinajstić information content (AvgIpc) is 2.82. The minimum atomic E-state index is -0.160. The van der Waals surface area contributed by atoms with Crippen LogP contribution in [0, 0.1) is 5.92 Å². The fraction of sp³-hybridized carbons (Fsp3) is 0.640. The van der Waals surface area contributed by atoms with Gasteiger partial charge in [-0.1, -0.05) is 36.8 Å². The SMILES string of the molecule is CCOC(=O)C1CCN(C(=O)CCN(CCc2ccccc2)C(=O)CCCCCN)CC1. The molecule has 1 aromatic rings. The number of carbonyl (C=O) groups excluding carboxylic acids is 3. The molecule has 0 radical (unpaired) electrons. The van der Waals surface area contributed by atoms with Crippen molar-refractivity contribution in [3.05, 3.63) is 35.9 Å². The number of rotatable bonds is 13. The molecule has 7 heteroatoms. The second-order valence-corrected chi connectivity index (χ2v) is 8.37. The summed E-state index contributed by atoms with van der Waals surface area (Å²) in [6, 6.07) is 10.1.